The molecule has 1 aromatic rings. The molecule has 0 bridgehead atoms. The molecule has 0 heterocycles. The van der Waals surface area contributed by atoms with Gasteiger partial charge >= 0.3 is 5.97 Å². The lowest BCUT2D eigenvalue weighted by atomic mass is 10.0. The summed E-state index contributed by atoms with van der Waals surface area (Å²) in [6.45, 7) is 5.35. The van der Waals surface area contributed by atoms with Crippen LogP contribution in [-0.4, -0.2) is 22.7 Å². The molecule has 0 aliphatic rings. The van der Waals surface area contributed by atoms with Gasteiger partial charge in [-0.15, -0.1) is 0 Å². The van der Waals surface area contributed by atoms with Gasteiger partial charge in [-0.1, -0.05) is 30.3 Å². The number of rotatable bonds is 5. The van der Waals surface area contributed by atoms with Gasteiger partial charge in [-0.3, -0.25) is 10.1 Å². The molecule has 88 valence electrons. The summed E-state index contributed by atoms with van der Waals surface area (Å²) in [5.74, 6) is -0.826. The van der Waals surface area contributed by atoms with Gasteiger partial charge in [0.1, 0.15) is 5.54 Å². The van der Waals surface area contributed by atoms with Crippen LogP contribution < -0.4 is 5.32 Å². The molecule has 0 aliphatic heterocycles. The minimum absolute atomic E-state index is 0.133. The maximum Gasteiger partial charge on any atom is 0.323 e. The molecule has 0 radical (unpaired) electrons. The SMILES string of the molecule is CC(Cc1ccccc1)NC(C)(C)C(=O)O. The predicted octanol–water partition coefficient (Wildman–Crippen LogP) is 2.07. The smallest absolute Gasteiger partial charge is 0.323 e. The summed E-state index contributed by atoms with van der Waals surface area (Å²) < 4.78 is 0. The highest BCUT2D eigenvalue weighted by Crippen LogP contribution is 2.08. The van der Waals surface area contributed by atoms with E-state index in [9.17, 15) is 4.79 Å². The molecule has 0 saturated heterocycles. The monoisotopic (exact) mass is 221 g/mol. The van der Waals surface area contributed by atoms with E-state index in [0.29, 0.717) is 0 Å². The molecule has 1 rings (SSSR count). The summed E-state index contributed by atoms with van der Waals surface area (Å²) in [7, 11) is 0. The van der Waals surface area contributed by atoms with Crippen molar-refractivity contribution >= 4 is 5.97 Å². The summed E-state index contributed by atoms with van der Waals surface area (Å²) >= 11 is 0. The molecule has 0 aliphatic carbocycles. The van der Waals surface area contributed by atoms with E-state index in [2.05, 4.69) is 5.32 Å². The molecular formula is C13H19NO2. The van der Waals surface area contributed by atoms with E-state index >= 15 is 0 Å². The lowest BCUT2D eigenvalue weighted by Gasteiger charge is -2.26. The number of aliphatic carboxylic acids is 1. The molecule has 2 N–H and O–H groups in total. The largest absolute Gasteiger partial charge is 0.480 e. The molecule has 0 spiro atoms. The van der Waals surface area contributed by atoms with E-state index in [0.717, 1.165) is 6.42 Å². The highest BCUT2D eigenvalue weighted by molar-refractivity contribution is 5.77. The van der Waals surface area contributed by atoms with Gasteiger partial charge in [0.2, 0.25) is 0 Å². The topological polar surface area (TPSA) is 49.3 Å². The Morgan fingerprint density at radius 2 is 1.94 bits per heavy atom. The molecule has 1 aromatic carbocycles. The van der Waals surface area contributed by atoms with Gasteiger partial charge in [-0.05, 0) is 32.8 Å². The first-order chi connectivity index (χ1) is 7.42. The van der Waals surface area contributed by atoms with E-state index in [1.807, 2.05) is 37.3 Å². The third kappa shape index (κ3) is 3.66. The van der Waals surface area contributed by atoms with Crippen LogP contribution in [0.1, 0.15) is 26.3 Å². The Morgan fingerprint density at radius 1 is 1.38 bits per heavy atom. The molecular weight excluding hydrogens is 202 g/mol. The second-order valence-corrected chi connectivity index (χ2v) is 4.67. The third-order valence-electron chi connectivity index (χ3n) is 2.53. The van der Waals surface area contributed by atoms with E-state index < -0.39 is 11.5 Å². The normalized spacial score (nSPS) is 13.4. The summed E-state index contributed by atoms with van der Waals surface area (Å²) in [4.78, 5) is 10.9. The Morgan fingerprint density at radius 3 is 2.44 bits per heavy atom. The predicted molar refractivity (Wildman–Crippen MR) is 64.5 cm³/mol. The Balaban J connectivity index is 2.54. The third-order valence-corrected chi connectivity index (χ3v) is 2.53. The van der Waals surface area contributed by atoms with Gasteiger partial charge in [0, 0.05) is 6.04 Å². The molecule has 0 aromatic heterocycles. The number of carbonyl (C=O) groups is 1. The first kappa shape index (κ1) is 12.7. The van der Waals surface area contributed by atoms with Crippen molar-refractivity contribution in [1.29, 1.82) is 0 Å². The van der Waals surface area contributed by atoms with Crippen LogP contribution in [0.3, 0.4) is 0 Å². The number of carboxylic acid groups (broad SMARTS) is 1. The molecule has 1 unspecified atom stereocenters. The van der Waals surface area contributed by atoms with Crippen LogP contribution in [0.15, 0.2) is 30.3 Å². The Bertz CT molecular complexity index is 346. The first-order valence-corrected chi connectivity index (χ1v) is 5.47. The number of hydrogen-bond donors (Lipinski definition) is 2. The summed E-state index contributed by atoms with van der Waals surface area (Å²) in [5.41, 5.74) is 0.331. The van der Waals surface area contributed by atoms with Crippen molar-refractivity contribution in [3.8, 4) is 0 Å². The van der Waals surface area contributed by atoms with Crippen molar-refractivity contribution in [1.82, 2.24) is 5.32 Å². The van der Waals surface area contributed by atoms with Crippen molar-refractivity contribution in [2.45, 2.75) is 38.8 Å². The minimum atomic E-state index is -0.881. The maximum atomic E-state index is 10.9. The highest BCUT2D eigenvalue weighted by Gasteiger charge is 2.28. The lowest BCUT2D eigenvalue weighted by molar-refractivity contribution is -0.143. The quantitative estimate of drug-likeness (QED) is 0.800. The molecule has 0 fully saturated rings. The van der Waals surface area contributed by atoms with Crippen LogP contribution in [0, 0.1) is 0 Å². The number of carboxylic acids is 1. The van der Waals surface area contributed by atoms with Crippen LogP contribution in [-0.2, 0) is 11.2 Å². The average molecular weight is 221 g/mol. The van der Waals surface area contributed by atoms with Crippen LogP contribution in [0.5, 0.6) is 0 Å². The molecule has 3 nitrogen and oxygen atoms in total. The minimum Gasteiger partial charge on any atom is -0.480 e. The van der Waals surface area contributed by atoms with E-state index in [-0.39, 0.29) is 6.04 Å². The fourth-order valence-corrected chi connectivity index (χ4v) is 1.70. The first-order valence-electron chi connectivity index (χ1n) is 5.47. The standard InChI is InChI=1S/C13H19NO2/c1-10(14-13(2,3)12(15)16)9-11-7-5-4-6-8-11/h4-8,10,14H,9H2,1-3H3,(H,15,16). The van der Waals surface area contributed by atoms with Crippen molar-refractivity contribution in [3.05, 3.63) is 35.9 Å². The number of benzene rings is 1. The van der Waals surface area contributed by atoms with Crippen molar-refractivity contribution in [2.75, 3.05) is 0 Å². The zero-order valence-corrected chi connectivity index (χ0v) is 10.0. The Kier molecular flexibility index (Phi) is 4.07. The second-order valence-electron chi connectivity index (χ2n) is 4.67. The van der Waals surface area contributed by atoms with Gasteiger partial charge in [0.25, 0.3) is 0 Å². The molecule has 1 atom stereocenters. The Hall–Kier alpha value is -1.35. The second kappa shape index (κ2) is 5.12. The van der Waals surface area contributed by atoms with Gasteiger partial charge in [-0.2, -0.15) is 0 Å². The molecule has 0 amide bonds. The van der Waals surface area contributed by atoms with Crippen LogP contribution in [0.25, 0.3) is 0 Å². The fraction of sp³-hybridized carbons (Fsp3) is 0.462. The van der Waals surface area contributed by atoms with Crippen LogP contribution in [0.2, 0.25) is 0 Å². The van der Waals surface area contributed by atoms with E-state index in [4.69, 9.17) is 5.11 Å². The number of nitrogens with one attached hydrogen (secondary N) is 1. The van der Waals surface area contributed by atoms with E-state index in [1.165, 1.54) is 5.56 Å². The lowest BCUT2D eigenvalue weighted by Crippen LogP contribution is -2.51. The molecule has 16 heavy (non-hydrogen) atoms. The average Bonchev–Trinajstić information content (AvgIpc) is 2.17. The molecule has 3 heteroatoms. The maximum absolute atomic E-state index is 10.9. The van der Waals surface area contributed by atoms with E-state index in [1.54, 1.807) is 13.8 Å². The zero-order chi connectivity index (χ0) is 12.2. The highest BCUT2D eigenvalue weighted by atomic mass is 16.4. The van der Waals surface area contributed by atoms with Gasteiger partial charge in [-0.25, -0.2) is 0 Å². The fourth-order valence-electron chi connectivity index (χ4n) is 1.70. The zero-order valence-electron chi connectivity index (χ0n) is 10.0. The van der Waals surface area contributed by atoms with Crippen LogP contribution in [0.4, 0.5) is 0 Å². The van der Waals surface area contributed by atoms with Gasteiger partial charge < -0.3 is 5.11 Å². The summed E-state index contributed by atoms with van der Waals surface area (Å²) in [6.07, 6.45) is 0.831. The molecule has 0 saturated carbocycles. The summed E-state index contributed by atoms with van der Waals surface area (Å²) in [5, 5.41) is 12.1. The Labute approximate surface area is 96.5 Å². The van der Waals surface area contributed by atoms with Crippen LogP contribution >= 0.6 is 0 Å². The van der Waals surface area contributed by atoms with Crippen molar-refractivity contribution < 1.29 is 9.90 Å². The van der Waals surface area contributed by atoms with Gasteiger partial charge in [0.05, 0.1) is 0 Å². The summed E-state index contributed by atoms with van der Waals surface area (Å²) in [6, 6.07) is 10.2. The van der Waals surface area contributed by atoms with Crippen molar-refractivity contribution in [2.24, 2.45) is 0 Å². The van der Waals surface area contributed by atoms with Gasteiger partial charge in [0.15, 0.2) is 0 Å². The number of hydrogen-bond acceptors (Lipinski definition) is 2. The van der Waals surface area contributed by atoms with Crippen molar-refractivity contribution in [3.63, 3.8) is 0 Å².